The van der Waals surface area contributed by atoms with Crippen LogP contribution in [-0.2, 0) is 23.1 Å². The van der Waals surface area contributed by atoms with Gasteiger partial charge in [-0.1, -0.05) is 51.1 Å². The lowest BCUT2D eigenvalue weighted by molar-refractivity contribution is 0.355. The van der Waals surface area contributed by atoms with E-state index in [1.807, 2.05) is 69.3 Å². The van der Waals surface area contributed by atoms with Crippen molar-refractivity contribution in [2.45, 2.75) is 45.5 Å². The Labute approximate surface area is 187 Å². The van der Waals surface area contributed by atoms with Gasteiger partial charge in [0, 0.05) is 13.1 Å². The van der Waals surface area contributed by atoms with E-state index in [2.05, 4.69) is 6.58 Å². The van der Waals surface area contributed by atoms with Crippen molar-refractivity contribution in [3.63, 3.8) is 0 Å². The molecule has 2 aromatic rings. The van der Waals surface area contributed by atoms with Gasteiger partial charge in [0.15, 0.2) is 0 Å². The molecule has 2 atom stereocenters. The minimum absolute atomic E-state index is 0.0193. The number of sulfonamides is 1. The Morgan fingerprint density at radius 2 is 1.29 bits per heavy atom. The largest absolute Gasteiger partial charge is 0.497 e. The molecule has 0 aromatic heterocycles. The smallest absolute Gasteiger partial charge is 0.218 e. The Hall–Kier alpha value is -2.31. The predicted molar refractivity (Wildman–Crippen MR) is 127 cm³/mol. The van der Waals surface area contributed by atoms with Crippen molar-refractivity contribution in [1.29, 1.82) is 0 Å². The van der Waals surface area contributed by atoms with Crippen LogP contribution >= 0.6 is 0 Å². The highest BCUT2D eigenvalue weighted by atomic mass is 32.2. The number of hydrogen-bond acceptors (Lipinski definition) is 4. The lowest BCUT2D eigenvalue weighted by Gasteiger charge is -2.33. The van der Waals surface area contributed by atoms with E-state index >= 15 is 0 Å². The minimum atomic E-state index is -3.59. The monoisotopic (exact) mass is 445 g/mol. The molecule has 0 radical (unpaired) electrons. The summed E-state index contributed by atoms with van der Waals surface area (Å²) < 4.78 is 39.8. The number of nitrogens with zero attached hydrogens (tertiary/aromatic N) is 1. The van der Waals surface area contributed by atoms with Crippen molar-refractivity contribution in [1.82, 2.24) is 4.31 Å². The van der Waals surface area contributed by atoms with E-state index in [1.165, 1.54) is 0 Å². The third-order valence-electron chi connectivity index (χ3n) is 5.50. The maximum atomic E-state index is 13.9. The molecule has 0 spiro atoms. The van der Waals surface area contributed by atoms with Crippen LogP contribution < -0.4 is 9.47 Å². The van der Waals surface area contributed by atoms with Crippen molar-refractivity contribution in [3.05, 3.63) is 72.3 Å². The van der Waals surface area contributed by atoms with Crippen LogP contribution in [0, 0.1) is 11.8 Å². The maximum absolute atomic E-state index is 13.9. The van der Waals surface area contributed by atoms with Gasteiger partial charge < -0.3 is 9.47 Å². The molecule has 0 aliphatic heterocycles. The van der Waals surface area contributed by atoms with Gasteiger partial charge in [-0.25, -0.2) is 8.42 Å². The number of allylic oxidation sites excluding steroid dienone is 1. The second-order valence-corrected chi connectivity index (χ2v) is 10.3. The Morgan fingerprint density at radius 1 is 0.871 bits per heavy atom. The quantitative estimate of drug-likeness (QED) is 0.418. The van der Waals surface area contributed by atoms with Gasteiger partial charge >= 0.3 is 0 Å². The first-order chi connectivity index (χ1) is 14.7. The fourth-order valence-electron chi connectivity index (χ4n) is 3.97. The van der Waals surface area contributed by atoms with Gasteiger partial charge in [0.25, 0.3) is 0 Å². The maximum Gasteiger partial charge on any atom is 0.218 e. The van der Waals surface area contributed by atoms with Crippen LogP contribution in [-0.4, -0.2) is 32.2 Å². The molecule has 0 fully saturated rings. The molecule has 0 saturated carbocycles. The average molecular weight is 446 g/mol. The molecule has 6 heteroatoms. The molecule has 1 unspecified atom stereocenters. The summed E-state index contributed by atoms with van der Waals surface area (Å²) in [6.45, 7) is 10.3. The third kappa shape index (κ3) is 6.58. The molecule has 2 aromatic carbocycles. The van der Waals surface area contributed by atoms with Crippen molar-refractivity contribution in [2.75, 3.05) is 14.2 Å². The summed E-state index contributed by atoms with van der Waals surface area (Å²) >= 11 is 0. The molecule has 0 bridgehead atoms. The van der Waals surface area contributed by atoms with Gasteiger partial charge in [-0.05, 0) is 53.6 Å². The standard InChI is InChI=1S/C25H35NO4S/c1-7-8-20(4)25(19(2)3)31(27,28)26(17-21-9-13-23(29-5)14-10-21)18-22-11-15-24(30-6)16-12-22/h7,9-16,19-20,25H,1,8,17-18H2,2-6H3/t20-,25?/m0/s1. The molecule has 31 heavy (non-hydrogen) atoms. The number of ether oxygens (including phenoxy) is 2. The molecule has 0 heterocycles. The van der Waals surface area contributed by atoms with Gasteiger partial charge in [-0.3, -0.25) is 0 Å². The molecule has 0 saturated heterocycles. The van der Waals surface area contributed by atoms with Gasteiger partial charge in [-0.15, -0.1) is 6.58 Å². The van der Waals surface area contributed by atoms with Crippen LogP contribution in [0.2, 0.25) is 0 Å². The van der Waals surface area contributed by atoms with Crippen LogP contribution in [0.15, 0.2) is 61.2 Å². The van der Waals surface area contributed by atoms with Crippen molar-refractivity contribution in [2.24, 2.45) is 11.8 Å². The zero-order valence-electron chi connectivity index (χ0n) is 19.2. The van der Waals surface area contributed by atoms with E-state index < -0.39 is 15.3 Å². The zero-order chi connectivity index (χ0) is 23.0. The third-order valence-corrected chi connectivity index (χ3v) is 8.17. The fraction of sp³-hybridized carbons (Fsp3) is 0.440. The van der Waals surface area contributed by atoms with Crippen LogP contribution in [0.4, 0.5) is 0 Å². The van der Waals surface area contributed by atoms with E-state index in [9.17, 15) is 8.42 Å². The first-order valence-corrected chi connectivity index (χ1v) is 12.1. The predicted octanol–water partition coefficient (Wildman–Crippen LogP) is 5.27. The molecular weight excluding hydrogens is 410 g/mol. The molecule has 170 valence electrons. The minimum Gasteiger partial charge on any atom is -0.497 e. The SMILES string of the molecule is C=CC[C@H](C)C(C(C)C)S(=O)(=O)N(Cc1ccc(OC)cc1)Cc1ccc(OC)cc1. The second-order valence-electron chi connectivity index (χ2n) is 8.22. The zero-order valence-corrected chi connectivity index (χ0v) is 20.1. The van der Waals surface area contributed by atoms with Gasteiger partial charge in [0.05, 0.1) is 19.5 Å². The topological polar surface area (TPSA) is 55.8 Å². The second kappa shape index (κ2) is 11.3. The van der Waals surface area contributed by atoms with Gasteiger partial charge in [0.2, 0.25) is 10.0 Å². The van der Waals surface area contributed by atoms with E-state index in [4.69, 9.17) is 9.47 Å². The first-order valence-electron chi connectivity index (χ1n) is 10.6. The highest BCUT2D eigenvalue weighted by molar-refractivity contribution is 7.89. The molecule has 0 amide bonds. The summed E-state index contributed by atoms with van der Waals surface area (Å²) in [5, 5.41) is -0.498. The summed E-state index contributed by atoms with van der Waals surface area (Å²) in [5.41, 5.74) is 1.83. The molecule has 5 nitrogen and oxygen atoms in total. The number of benzene rings is 2. The van der Waals surface area contributed by atoms with Crippen LogP contribution in [0.3, 0.4) is 0 Å². The van der Waals surface area contributed by atoms with E-state index in [0.717, 1.165) is 22.6 Å². The lowest BCUT2D eigenvalue weighted by atomic mass is 9.95. The van der Waals surface area contributed by atoms with Crippen molar-refractivity contribution >= 4 is 10.0 Å². The van der Waals surface area contributed by atoms with Gasteiger partial charge in [0.1, 0.15) is 11.5 Å². The Bertz CT molecular complexity index is 871. The Kier molecular flexibility index (Phi) is 9.14. The van der Waals surface area contributed by atoms with Crippen LogP contribution in [0.5, 0.6) is 11.5 Å². The molecular formula is C25H35NO4S. The average Bonchev–Trinajstić information content (AvgIpc) is 2.74. The Balaban J connectivity index is 2.42. The van der Waals surface area contributed by atoms with Gasteiger partial charge in [-0.2, -0.15) is 4.31 Å². The summed E-state index contributed by atoms with van der Waals surface area (Å²) in [6, 6.07) is 15.1. The number of methoxy groups -OCH3 is 2. The van der Waals surface area contributed by atoms with Crippen LogP contribution in [0.1, 0.15) is 38.3 Å². The summed E-state index contributed by atoms with van der Waals surface area (Å²) in [4.78, 5) is 0. The lowest BCUT2D eigenvalue weighted by Crippen LogP contribution is -2.43. The fourth-order valence-corrected chi connectivity index (χ4v) is 6.36. The van der Waals surface area contributed by atoms with E-state index in [0.29, 0.717) is 19.5 Å². The number of hydrogen-bond donors (Lipinski definition) is 0. The first kappa shape index (κ1) is 25.0. The van der Waals surface area contributed by atoms with Crippen molar-refractivity contribution < 1.29 is 17.9 Å². The molecule has 0 N–H and O–H groups in total. The highest BCUT2D eigenvalue weighted by Gasteiger charge is 2.37. The Morgan fingerprint density at radius 3 is 1.61 bits per heavy atom. The molecule has 0 aliphatic carbocycles. The molecule has 2 rings (SSSR count). The van der Waals surface area contributed by atoms with Crippen LogP contribution in [0.25, 0.3) is 0 Å². The normalized spacial score (nSPS) is 13.8. The summed E-state index contributed by atoms with van der Waals surface area (Å²) in [7, 11) is -0.359. The molecule has 0 aliphatic rings. The summed E-state index contributed by atoms with van der Waals surface area (Å²) in [5.74, 6) is 1.44. The van der Waals surface area contributed by atoms with Crippen molar-refractivity contribution in [3.8, 4) is 11.5 Å². The van der Waals surface area contributed by atoms with E-state index in [1.54, 1.807) is 24.6 Å². The van der Waals surface area contributed by atoms with E-state index in [-0.39, 0.29) is 11.8 Å². The summed E-state index contributed by atoms with van der Waals surface area (Å²) in [6.07, 6.45) is 2.45. The highest BCUT2D eigenvalue weighted by Crippen LogP contribution is 2.29. The number of rotatable bonds is 12.